The van der Waals surface area contributed by atoms with Crippen LogP contribution in [-0.2, 0) is 19.1 Å². The van der Waals surface area contributed by atoms with Crippen LogP contribution in [0.2, 0.25) is 5.02 Å². The molecule has 0 aromatic heterocycles. The highest BCUT2D eigenvalue weighted by atomic mass is 35.5. The van der Waals surface area contributed by atoms with Gasteiger partial charge in [0, 0.05) is 25.1 Å². The van der Waals surface area contributed by atoms with Crippen LogP contribution in [0.15, 0.2) is 29.6 Å². The zero-order valence-corrected chi connectivity index (χ0v) is 19.5. The van der Waals surface area contributed by atoms with Gasteiger partial charge in [0.1, 0.15) is 17.2 Å². The Hall–Kier alpha value is -2.85. The first-order chi connectivity index (χ1) is 16.4. The summed E-state index contributed by atoms with van der Waals surface area (Å²) in [4.78, 5) is 37.9. The number of hydrogen-bond acceptors (Lipinski definition) is 6. The minimum Gasteiger partial charge on any atom is -0.376 e. The third-order valence-corrected chi connectivity index (χ3v) is 6.70. The highest BCUT2D eigenvalue weighted by molar-refractivity contribution is 6.33. The molecule has 0 bridgehead atoms. The number of carbonyl (C=O) groups excluding carboxylic acids is 3. The summed E-state index contributed by atoms with van der Waals surface area (Å²) in [6, 6.07) is 3.71. The third-order valence-electron chi connectivity index (χ3n) is 6.37. The van der Waals surface area contributed by atoms with Crippen molar-refractivity contribution in [2.75, 3.05) is 25.1 Å². The van der Waals surface area contributed by atoms with E-state index < -0.39 is 5.82 Å². The number of amides is 3. The Kier molecular flexibility index (Phi) is 7.89. The van der Waals surface area contributed by atoms with E-state index in [0.29, 0.717) is 45.5 Å². The summed E-state index contributed by atoms with van der Waals surface area (Å²) in [6.07, 6.45) is 4.28. The van der Waals surface area contributed by atoms with Crippen LogP contribution in [-0.4, -0.2) is 49.7 Å². The van der Waals surface area contributed by atoms with Crippen molar-refractivity contribution < 1.29 is 23.5 Å². The summed E-state index contributed by atoms with van der Waals surface area (Å²) < 4.78 is 19.0. The topological polar surface area (TPSA) is 121 Å². The van der Waals surface area contributed by atoms with Gasteiger partial charge in [0.05, 0.1) is 23.5 Å². The quantitative estimate of drug-likeness (QED) is 0.394. The lowest BCUT2D eigenvalue weighted by Gasteiger charge is -2.28. The number of nitrogens with one attached hydrogen (secondary N) is 5. The van der Waals surface area contributed by atoms with Crippen LogP contribution in [0.4, 0.5) is 10.1 Å². The van der Waals surface area contributed by atoms with Gasteiger partial charge in [-0.05, 0) is 56.7 Å². The molecule has 184 valence electrons. The molecule has 1 aromatic rings. The maximum atomic E-state index is 13.4. The first kappa shape index (κ1) is 24.3. The van der Waals surface area contributed by atoms with Crippen LogP contribution in [0, 0.1) is 11.7 Å². The molecule has 1 saturated carbocycles. The predicted molar refractivity (Wildman–Crippen MR) is 124 cm³/mol. The first-order valence-electron chi connectivity index (χ1n) is 11.6. The van der Waals surface area contributed by atoms with Crippen molar-refractivity contribution >= 4 is 35.0 Å². The molecule has 1 aliphatic carbocycles. The van der Waals surface area contributed by atoms with Gasteiger partial charge in [-0.1, -0.05) is 11.6 Å². The summed E-state index contributed by atoms with van der Waals surface area (Å²) >= 11 is 6.03. The monoisotopic (exact) mass is 493 g/mol. The van der Waals surface area contributed by atoms with Crippen LogP contribution in [0.25, 0.3) is 0 Å². The Labute approximate surface area is 202 Å². The molecule has 3 amide bonds. The zero-order valence-electron chi connectivity index (χ0n) is 18.7. The summed E-state index contributed by atoms with van der Waals surface area (Å²) in [5, 5.41) is 14.6. The molecule has 0 radical (unpaired) electrons. The van der Waals surface area contributed by atoms with Gasteiger partial charge in [-0.3, -0.25) is 14.4 Å². The van der Waals surface area contributed by atoms with Crippen molar-refractivity contribution in [1.29, 1.82) is 0 Å². The van der Waals surface area contributed by atoms with E-state index in [1.54, 1.807) is 0 Å². The van der Waals surface area contributed by atoms with E-state index in [1.807, 2.05) is 0 Å². The fourth-order valence-electron chi connectivity index (χ4n) is 4.47. The lowest BCUT2D eigenvalue weighted by atomic mass is 9.85. The standard InChI is InChI=1S/C23H29ClFN5O4/c24-17-8-5-14(25)10-18(17)30-21(31)13-3-6-15(7-4-13)29-23(33)20-19(27-12-28-20)22(32)26-11-16-2-1-9-34-16/h5,8,10,13,15-16,27-28H,1-4,6-7,9,11-12H2,(H,26,32)(H,29,33)(H,30,31). The summed E-state index contributed by atoms with van der Waals surface area (Å²) in [7, 11) is 0. The van der Waals surface area contributed by atoms with E-state index in [0.717, 1.165) is 12.8 Å². The summed E-state index contributed by atoms with van der Waals surface area (Å²) in [6.45, 7) is 1.41. The third kappa shape index (κ3) is 5.98. The van der Waals surface area contributed by atoms with E-state index in [4.69, 9.17) is 16.3 Å². The van der Waals surface area contributed by atoms with E-state index in [1.165, 1.54) is 18.2 Å². The first-order valence-corrected chi connectivity index (χ1v) is 12.0. The number of rotatable bonds is 7. The Morgan fingerprint density at radius 1 is 1.06 bits per heavy atom. The van der Waals surface area contributed by atoms with E-state index in [2.05, 4.69) is 26.6 Å². The van der Waals surface area contributed by atoms with Crippen molar-refractivity contribution in [3.05, 3.63) is 40.4 Å². The molecule has 2 aliphatic heterocycles. The summed E-state index contributed by atoms with van der Waals surface area (Å²) in [5.74, 6) is -1.65. The number of benzene rings is 1. The van der Waals surface area contributed by atoms with Crippen LogP contribution < -0.4 is 26.6 Å². The Morgan fingerprint density at radius 2 is 1.79 bits per heavy atom. The van der Waals surface area contributed by atoms with Gasteiger partial charge < -0.3 is 31.3 Å². The van der Waals surface area contributed by atoms with Crippen molar-refractivity contribution in [3.8, 4) is 0 Å². The molecule has 5 N–H and O–H groups in total. The van der Waals surface area contributed by atoms with Gasteiger partial charge in [0.15, 0.2) is 0 Å². The molecular formula is C23H29ClFN5O4. The molecule has 34 heavy (non-hydrogen) atoms. The van der Waals surface area contributed by atoms with Crippen molar-refractivity contribution in [2.24, 2.45) is 5.92 Å². The lowest BCUT2D eigenvalue weighted by Crippen LogP contribution is -2.42. The molecule has 1 saturated heterocycles. The number of anilines is 1. The highest BCUT2D eigenvalue weighted by Crippen LogP contribution is 2.28. The fourth-order valence-corrected chi connectivity index (χ4v) is 4.64. The van der Waals surface area contributed by atoms with Gasteiger partial charge in [-0.25, -0.2) is 4.39 Å². The molecule has 2 heterocycles. The largest absolute Gasteiger partial charge is 0.376 e. The normalized spacial score (nSPS) is 24.2. The van der Waals surface area contributed by atoms with Gasteiger partial charge in [0.2, 0.25) is 5.91 Å². The molecule has 9 nitrogen and oxygen atoms in total. The maximum Gasteiger partial charge on any atom is 0.269 e. The van der Waals surface area contributed by atoms with Crippen molar-refractivity contribution in [1.82, 2.24) is 21.3 Å². The van der Waals surface area contributed by atoms with Crippen LogP contribution >= 0.6 is 11.6 Å². The van der Waals surface area contributed by atoms with Gasteiger partial charge >= 0.3 is 0 Å². The predicted octanol–water partition coefficient (Wildman–Crippen LogP) is 1.75. The van der Waals surface area contributed by atoms with E-state index >= 15 is 0 Å². The van der Waals surface area contributed by atoms with Gasteiger partial charge in [-0.15, -0.1) is 0 Å². The SMILES string of the molecule is O=C(NCC1CCCO1)C1=C(C(=O)NC2CCC(C(=O)Nc3cc(F)ccc3Cl)CC2)NCN1. The molecule has 1 unspecified atom stereocenters. The average Bonchev–Trinajstić information content (AvgIpc) is 3.53. The zero-order chi connectivity index (χ0) is 24.1. The Morgan fingerprint density at radius 3 is 2.50 bits per heavy atom. The smallest absolute Gasteiger partial charge is 0.269 e. The average molecular weight is 494 g/mol. The number of hydrogen-bond donors (Lipinski definition) is 5. The molecule has 11 heteroatoms. The second kappa shape index (κ2) is 11.1. The van der Waals surface area contributed by atoms with Crippen LogP contribution in [0.1, 0.15) is 38.5 Å². The molecule has 1 atom stereocenters. The maximum absolute atomic E-state index is 13.4. The van der Waals surface area contributed by atoms with Crippen LogP contribution in [0.5, 0.6) is 0 Å². The Balaban J connectivity index is 1.26. The van der Waals surface area contributed by atoms with E-state index in [-0.39, 0.29) is 57.9 Å². The molecule has 0 spiro atoms. The minimum atomic E-state index is -0.477. The molecule has 4 rings (SSSR count). The minimum absolute atomic E-state index is 0.0144. The molecular weight excluding hydrogens is 465 g/mol. The Bertz CT molecular complexity index is 974. The highest BCUT2D eigenvalue weighted by Gasteiger charge is 2.31. The van der Waals surface area contributed by atoms with Crippen molar-refractivity contribution in [2.45, 2.75) is 50.7 Å². The summed E-state index contributed by atoms with van der Waals surface area (Å²) in [5.41, 5.74) is 0.681. The van der Waals surface area contributed by atoms with E-state index in [9.17, 15) is 18.8 Å². The molecule has 2 fully saturated rings. The van der Waals surface area contributed by atoms with Gasteiger partial charge in [0.25, 0.3) is 11.8 Å². The van der Waals surface area contributed by atoms with Crippen molar-refractivity contribution in [3.63, 3.8) is 0 Å². The fraction of sp³-hybridized carbons (Fsp3) is 0.522. The molecule has 3 aliphatic rings. The molecule has 1 aromatic carbocycles. The second-order valence-electron chi connectivity index (χ2n) is 8.76. The number of halogens is 2. The lowest BCUT2D eigenvalue weighted by molar-refractivity contribution is -0.122. The van der Waals surface area contributed by atoms with Gasteiger partial charge in [-0.2, -0.15) is 0 Å². The number of ether oxygens (including phenoxy) is 1. The van der Waals surface area contributed by atoms with Crippen LogP contribution in [0.3, 0.4) is 0 Å². The second-order valence-corrected chi connectivity index (χ2v) is 9.17. The number of carbonyl (C=O) groups is 3.